The highest BCUT2D eigenvalue weighted by molar-refractivity contribution is 9.11. The van der Waals surface area contributed by atoms with Gasteiger partial charge < -0.3 is 5.32 Å². The average Bonchev–Trinajstić information content (AvgIpc) is 2.47. The smallest absolute Gasteiger partial charge is 0.0708 e. The summed E-state index contributed by atoms with van der Waals surface area (Å²) in [6, 6.07) is 16.5. The number of aromatic nitrogens is 1. The van der Waals surface area contributed by atoms with Crippen molar-refractivity contribution in [1.82, 2.24) is 4.98 Å². The highest BCUT2D eigenvalue weighted by Gasteiger charge is 2.05. The van der Waals surface area contributed by atoms with Gasteiger partial charge in [0.1, 0.15) is 0 Å². The third-order valence-corrected chi connectivity index (χ3v) is 4.51. The van der Waals surface area contributed by atoms with Crippen molar-refractivity contribution in [3.63, 3.8) is 0 Å². The molecule has 106 valence electrons. The van der Waals surface area contributed by atoms with Crippen molar-refractivity contribution >= 4 is 48.5 Å². The summed E-state index contributed by atoms with van der Waals surface area (Å²) in [5.74, 6) is 0. The molecule has 0 saturated heterocycles. The van der Waals surface area contributed by atoms with E-state index in [-0.39, 0.29) is 0 Å². The Kier molecular flexibility index (Phi) is 4.27. The zero-order valence-corrected chi connectivity index (χ0v) is 14.7. The molecule has 0 aliphatic heterocycles. The average molecular weight is 406 g/mol. The molecule has 3 rings (SSSR count). The largest absolute Gasteiger partial charge is 0.380 e. The lowest BCUT2D eigenvalue weighted by atomic mass is 10.1. The number of aryl methyl sites for hydroxylation is 1. The fourth-order valence-electron chi connectivity index (χ4n) is 2.36. The van der Waals surface area contributed by atoms with Crippen LogP contribution in [0.2, 0.25) is 0 Å². The maximum atomic E-state index is 4.58. The van der Waals surface area contributed by atoms with Crippen LogP contribution in [0.3, 0.4) is 0 Å². The maximum absolute atomic E-state index is 4.58. The molecule has 1 heterocycles. The van der Waals surface area contributed by atoms with Gasteiger partial charge in [-0.25, -0.2) is 0 Å². The monoisotopic (exact) mass is 404 g/mol. The molecule has 0 aliphatic rings. The predicted octanol–water partition coefficient (Wildman–Crippen LogP) is 5.68. The number of benzene rings is 2. The molecule has 0 fully saturated rings. The quantitative estimate of drug-likeness (QED) is 0.606. The molecule has 0 bridgehead atoms. The minimum atomic E-state index is 0.763. The van der Waals surface area contributed by atoms with E-state index < -0.39 is 0 Å². The molecule has 0 saturated carbocycles. The maximum Gasteiger partial charge on any atom is 0.0708 e. The Hall–Kier alpha value is -1.39. The van der Waals surface area contributed by atoms with Gasteiger partial charge in [0.2, 0.25) is 0 Å². The molecule has 0 unspecified atom stereocenters. The molecule has 0 atom stereocenters. The van der Waals surface area contributed by atoms with Gasteiger partial charge in [0.25, 0.3) is 0 Å². The Labute approximate surface area is 140 Å². The summed E-state index contributed by atoms with van der Waals surface area (Å²) < 4.78 is 2.12. The van der Waals surface area contributed by atoms with Crippen LogP contribution in [0.15, 0.2) is 57.5 Å². The summed E-state index contributed by atoms with van der Waals surface area (Å²) >= 11 is 7.08. The summed E-state index contributed by atoms with van der Waals surface area (Å²) in [5, 5.41) is 4.68. The van der Waals surface area contributed by atoms with Crippen LogP contribution in [0.4, 0.5) is 5.69 Å². The van der Waals surface area contributed by atoms with Crippen molar-refractivity contribution in [3.05, 3.63) is 68.7 Å². The zero-order valence-electron chi connectivity index (χ0n) is 11.5. The number of halogens is 2. The normalized spacial score (nSPS) is 10.8. The lowest BCUT2D eigenvalue weighted by molar-refractivity contribution is 1.13. The van der Waals surface area contributed by atoms with E-state index in [0.29, 0.717) is 0 Å². The van der Waals surface area contributed by atoms with Crippen LogP contribution in [-0.4, -0.2) is 4.98 Å². The molecule has 2 aromatic carbocycles. The van der Waals surface area contributed by atoms with Crippen molar-refractivity contribution in [2.75, 3.05) is 5.32 Å². The molecule has 1 N–H and O–H groups in total. The molecule has 0 amide bonds. The molecule has 0 aliphatic carbocycles. The van der Waals surface area contributed by atoms with E-state index in [4.69, 9.17) is 0 Å². The first kappa shape index (κ1) is 14.5. The van der Waals surface area contributed by atoms with Crippen molar-refractivity contribution in [2.45, 2.75) is 13.5 Å². The summed E-state index contributed by atoms with van der Waals surface area (Å²) in [4.78, 5) is 4.58. The van der Waals surface area contributed by atoms with Crippen molar-refractivity contribution < 1.29 is 0 Å². The summed E-state index contributed by atoms with van der Waals surface area (Å²) in [6.45, 7) is 2.80. The van der Waals surface area contributed by atoms with Gasteiger partial charge in [-0.3, -0.25) is 4.98 Å². The van der Waals surface area contributed by atoms with Crippen LogP contribution >= 0.6 is 31.9 Å². The van der Waals surface area contributed by atoms with Crippen molar-refractivity contribution in [1.29, 1.82) is 0 Å². The number of fused-ring (bicyclic) bond motifs is 1. The van der Waals surface area contributed by atoms with Crippen LogP contribution in [0, 0.1) is 6.92 Å². The summed E-state index contributed by atoms with van der Waals surface area (Å²) in [6.07, 6.45) is 0. The van der Waals surface area contributed by atoms with Gasteiger partial charge >= 0.3 is 0 Å². The van der Waals surface area contributed by atoms with Gasteiger partial charge in [-0.05, 0) is 58.7 Å². The van der Waals surface area contributed by atoms with Gasteiger partial charge in [0.15, 0.2) is 0 Å². The van der Waals surface area contributed by atoms with Crippen LogP contribution in [0.5, 0.6) is 0 Å². The Morgan fingerprint density at radius 2 is 1.86 bits per heavy atom. The standard InChI is InChI=1S/C17H14Br2N2/c1-11-8-12(14-4-2-3-5-16(14)21-11)10-20-17-9-13(18)6-7-15(17)19/h2-9,20H,10H2,1H3. The first-order valence-corrected chi connectivity index (χ1v) is 8.26. The fraction of sp³-hybridized carbons (Fsp3) is 0.118. The zero-order chi connectivity index (χ0) is 14.8. The lowest BCUT2D eigenvalue weighted by Crippen LogP contribution is -2.02. The molecule has 1 aromatic heterocycles. The summed E-state index contributed by atoms with van der Waals surface area (Å²) in [5.41, 5.74) is 4.41. The number of anilines is 1. The Morgan fingerprint density at radius 3 is 2.71 bits per heavy atom. The highest BCUT2D eigenvalue weighted by Crippen LogP contribution is 2.27. The van der Waals surface area contributed by atoms with Gasteiger partial charge in [-0.2, -0.15) is 0 Å². The fourth-order valence-corrected chi connectivity index (χ4v) is 3.11. The molecule has 0 radical (unpaired) electrons. The minimum absolute atomic E-state index is 0.763. The van der Waals surface area contributed by atoms with E-state index in [2.05, 4.69) is 72.5 Å². The van der Waals surface area contributed by atoms with E-state index in [0.717, 1.165) is 32.4 Å². The van der Waals surface area contributed by atoms with E-state index in [1.165, 1.54) is 10.9 Å². The molecular weight excluding hydrogens is 392 g/mol. The van der Waals surface area contributed by atoms with Crippen LogP contribution in [-0.2, 0) is 6.54 Å². The number of nitrogens with one attached hydrogen (secondary N) is 1. The molecule has 21 heavy (non-hydrogen) atoms. The Morgan fingerprint density at radius 1 is 1.05 bits per heavy atom. The predicted molar refractivity (Wildman–Crippen MR) is 95.6 cm³/mol. The van der Waals surface area contributed by atoms with Crippen LogP contribution < -0.4 is 5.32 Å². The number of hydrogen-bond donors (Lipinski definition) is 1. The first-order chi connectivity index (χ1) is 10.1. The molecule has 2 nitrogen and oxygen atoms in total. The Bertz CT molecular complexity index is 800. The van der Waals surface area contributed by atoms with Crippen molar-refractivity contribution in [2.24, 2.45) is 0 Å². The van der Waals surface area contributed by atoms with E-state index >= 15 is 0 Å². The lowest BCUT2D eigenvalue weighted by Gasteiger charge is -2.12. The molecule has 3 aromatic rings. The molecular formula is C17H14Br2N2. The van der Waals surface area contributed by atoms with Gasteiger partial charge in [0, 0.05) is 32.3 Å². The van der Waals surface area contributed by atoms with E-state index in [1.54, 1.807) is 0 Å². The third kappa shape index (κ3) is 3.27. The highest BCUT2D eigenvalue weighted by atomic mass is 79.9. The second-order valence-corrected chi connectivity index (χ2v) is 6.69. The van der Waals surface area contributed by atoms with Gasteiger partial charge in [-0.15, -0.1) is 0 Å². The first-order valence-electron chi connectivity index (χ1n) is 6.68. The SMILES string of the molecule is Cc1cc(CNc2cc(Br)ccc2Br)c2ccccc2n1. The van der Waals surface area contributed by atoms with E-state index in [9.17, 15) is 0 Å². The number of para-hydroxylation sites is 1. The number of nitrogens with zero attached hydrogens (tertiary/aromatic N) is 1. The van der Waals surface area contributed by atoms with Crippen LogP contribution in [0.1, 0.15) is 11.3 Å². The molecule has 4 heteroatoms. The van der Waals surface area contributed by atoms with E-state index in [1.807, 2.05) is 25.1 Å². The number of hydrogen-bond acceptors (Lipinski definition) is 2. The van der Waals surface area contributed by atoms with Crippen molar-refractivity contribution in [3.8, 4) is 0 Å². The second-order valence-electron chi connectivity index (χ2n) is 4.92. The van der Waals surface area contributed by atoms with Crippen LogP contribution in [0.25, 0.3) is 10.9 Å². The van der Waals surface area contributed by atoms with Gasteiger partial charge in [0.05, 0.1) is 5.52 Å². The summed E-state index contributed by atoms with van der Waals surface area (Å²) in [7, 11) is 0. The van der Waals surface area contributed by atoms with Gasteiger partial charge in [-0.1, -0.05) is 34.1 Å². The second kappa shape index (κ2) is 6.16. The number of rotatable bonds is 3. The number of pyridine rings is 1. The minimum Gasteiger partial charge on any atom is -0.380 e. The Balaban J connectivity index is 1.93. The molecule has 0 spiro atoms. The topological polar surface area (TPSA) is 24.9 Å². The third-order valence-electron chi connectivity index (χ3n) is 3.33.